The number of nitrogens with zero attached hydrogens (tertiary/aromatic N) is 1. The number of benzene rings is 2. The fourth-order valence-corrected chi connectivity index (χ4v) is 3.62. The van der Waals surface area contributed by atoms with Crippen molar-refractivity contribution in [2.45, 2.75) is 19.8 Å². The molecule has 3 amide bonds. The predicted octanol–water partition coefficient (Wildman–Crippen LogP) is 5.19. The summed E-state index contributed by atoms with van der Waals surface area (Å²) in [7, 11) is 0. The highest BCUT2D eigenvalue weighted by molar-refractivity contribution is 8.18. The number of carbonyl (C=O) groups excluding carboxylic acids is 3. The summed E-state index contributed by atoms with van der Waals surface area (Å²) in [4.78, 5) is 38.3. The molecule has 3 rings (SSSR count). The standard InChI is InChI=1S/C22H21ClN2O4S/c1-2-3-12-29-18-10-4-15(5-11-18)13-19-21(27)25(22(28)30-19)14-20(26)24-17-8-6-16(23)7-9-17/h4-11,13H,2-3,12,14H2,1H3,(H,24,26)/b19-13-. The predicted molar refractivity (Wildman–Crippen MR) is 120 cm³/mol. The van der Waals surface area contributed by atoms with Crippen LogP contribution in [0.5, 0.6) is 5.75 Å². The van der Waals surface area contributed by atoms with E-state index in [1.807, 2.05) is 24.3 Å². The van der Waals surface area contributed by atoms with Crippen molar-refractivity contribution in [3.05, 3.63) is 64.0 Å². The Morgan fingerprint density at radius 3 is 2.50 bits per heavy atom. The zero-order chi connectivity index (χ0) is 21.5. The Kier molecular flexibility index (Phi) is 7.54. The first-order valence-corrected chi connectivity index (χ1v) is 10.7. The van der Waals surface area contributed by atoms with Gasteiger partial charge in [0.25, 0.3) is 11.1 Å². The topological polar surface area (TPSA) is 75.7 Å². The van der Waals surface area contributed by atoms with Gasteiger partial charge in [0.2, 0.25) is 5.91 Å². The average Bonchev–Trinajstić information content (AvgIpc) is 2.98. The summed E-state index contributed by atoms with van der Waals surface area (Å²) in [6.07, 6.45) is 3.68. The van der Waals surface area contributed by atoms with Crippen LogP contribution in [0.2, 0.25) is 5.02 Å². The van der Waals surface area contributed by atoms with E-state index in [4.69, 9.17) is 16.3 Å². The molecule has 1 N–H and O–H groups in total. The maximum Gasteiger partial charge on any atom is 0.294 e. The van der Waals surface area contributed by atoms with Gasteiger partial charge in [-0.05, 0) is 66.2 Å². The van der Waals surface area contributed by atoms with Crippen LogP contribution in [0.4, 0.5) is 10.5 Å². The summed E-state index contributed by atoms with van der Waals surface area (Å²) >= 11 is 6.64. The summed E-state index contributed by atoms with van der Waals surface area (Å²) in [5.41, 5.74) is 1.31. The molecule has 0 radical (unpaired) electrons. The quantitative estimate of drug-likeness (QED) is 0.447. The highest BCUT2D eigenvalue weighted by atomic mass is 35.5. The van der Waals surface area contributed by atoms with Gasteiger partial charge in [0.1, 0.15) is 12.3 Å². The van der Waals surface area contributed by atoms with E-state index in [1.165, 1.54) is 0 Å². The summed E-state index contributed by atoms with van der Waals surface area (Å²) in [5.74, 6) is -0.193. The molecule has 8 heteroatoms. The van der Waals surface area contributed by atoms with Gasteiger partial charge in [-0.15, -0.1) is 0 Å². The van der Waals surface area contributed by atoms with Gasteiger partial charge in [-0.3, -0.25) is 19.3 Å². The van der Waals surface area contributed by atoms with Gasteiger partial charge in [0.05, 0.1) is 11.5 Å². The number of hydrogen-bond acceptors (Lipinski definition) is 5. The molecule has 1 fully saturated rings. The molecule has 1 saturated heterocycles. The van der Waals surface area contributed by atoms with Crippen molar-refractivity contribution in [2.75, 3.05) is 18.5 Å². The van der Waals surface area contributed by atoms with Crippen molar-refractivity contribution in [2.24, 2.45) is 0 Å². The third kappa shape index (κ3) is 5.87. The zero-order valence-corrected chi connectivity index (χ0v) is 18.0. The number of anilines is 1. The molecule has 0 atom stereocenters. The molecule has 1 heterocycles. The zero-order valence-electron chi connectivity index (χ0n) is 16.4. The Morgan fingerprint density at radius 1 is 1.13 bits per heavy atom. The van der Waals surface area contributed by atoms with Crippen LogP contribution in [0.3, 0.4) is 0 Å². The number of carbonyl (C=O) groups is 3. The molecule has 2 aromatic carbocycles. The fraction of sp³-hybridized carbons (Fsp3) is 0.227. The first-order chi connectivity index (χ1) is 14.5. The Balaban J connectivity index is 1.60. The maximum atomic E-state index is 12.6. The molecule has 156 valence electrons. The second kappa shape index (κ2) is 10.3. The third-order valence-corrected chi connectivity index (χ3v) is 5.41. The van der Waals surface area contributed by atoms with Gasteiger partial charge < -0.3 is 10.1 Å². The van der Waals surface area contributed by atoms with E-state index < -0.39 is 17.1 Å². The van der Waals surface area contributed by atoms with Crippen LogP contribution in [0.1, 0.15) is 25.3 Å². The molecule has 2 aromatic rings. The van der Waals surface area contributed by atoms with Gasteiger partial charge in [0, 0.05) is 10.7 Å². The van der Waals surface area contributed by atoms with Gasteiger partial charge in [-0.25, -0.2) is 0 Å². The lowest BCUT2D eigenvalue weighted by atomic mass is 10.2. The smallest absolute Gasteiger partial charge is 0.294 e. The molecule has 0 spiro atoms. The lowest BCUT2D eigenvalue weighted by Gasteiger charge is -2.12. The lowest BCUT2D eigenvalue weighted by Crippen LogP contribution is -2.36. The van der Waals surface area contributed by atoms with Crippen molar-refractivity contribution < 1.29 is 19.1 Å². The number of thioether (sulfide) groups is 1. The van der Waals surface area contributed by atoms with Crippen molar-refractivity contribution >= 4 is 52.2 Å². The average molecular weight is 445 g/mol. The molecule has 0 aliphatic carbocycles. The monoisotopic (exact) mass is 444 g/mol. The van der Waals surface area contributed by atoms with E-state index in [0.717, 1.165) is 40.8 Å². The van der Waals surface area contributed by atoms with Crippen LogP contribution in [-0.2, 0) is 9.59 Å². The highest BCUT2D eigenvalue weighted by Gasteiger charge is 2.36. The highest BCUT2D eigenvalue weighted by Crippen LogP contribution is 2.32. The minimum absolute atomic E-state index is 0.277. The number of hydrogen-bond donors (Lipinski definition) is 1. The number of ether oxygens (including phenoxy) is 1. The van der Waals surface area contributed by atoms with E-state index in [9.17, 15) is 14.4 Å². The van der Waals surface area contributed by atoms with Crippen molar-refractivity contribution in [1.82, 2.24) is 4.90 Å². The number of unbranched alkanes of at least 4 members (excludes halogenated alkanes) is 1. The van der Waals surface area contributed by atoms with Gasteiger partial charge >= 0.3 is 0 Å². The Labute approximate surface area is 184 Å². The van der Waals surface area contributed by atoms with Crippen LogP contribution in [0.15, 0.2) is 53.4 Å². The molecule has 6 nitrogen and oxygen atoms in total. The van der Waals surface area contributed by atoms with Crippen LogP contribution >= 0.6 is 23.4 Å². The number of rotatable bonds is 8. The summed E-state index contributed by atoms with van der Waals surface area (Å²) in [6.45, 7) is 2.41. The van der Waals surface area contributed by atoms with Crippen molar-refractivity contribution in [3.8, 4) is 5.75 Å². The SMILES string of the molecule is CCCCOc1ccc(/C=C2\SC(=O)N(CC(=O)Nc3ccc(Cl)cc3)C2=O)cc1. The second-order valence-corrected chi connectivity index (χ2v) is 8.02. The number of amides is 3. The molecular weight excluding hydrogens is 424 g/mol. The molecule has 30 heavy (non-hydrogen) atoms. The second-order valence-electron chi connectivity index (χ2n) is 6.59. The lowest BCUT2D eigenvalue weighted by molar-refractivity contribution is -0.127. The molecule has 0 saturated carbocycles. The fourth-order valence-electron chi connectivity index (χ4n) is 2.66. The van der Waals surface area contributed by atoms with Gasteiger partial charge in [-0.2, -0.15) is 0 Å². The summed E-state index contributed by atoms with van der Waals surface area (Å²) < 4.78 is 5.62. The molecule has 1 aliphatic heterocycles. The van der Waals surface area contributed by atoms with Crippen LogP contribution < -0.4 is 10.1 Å². The Morgan fingerprint density at radius 2 is 1.83 bits per heavy atom. The van der Waals surface area contributed by atoms with Crippen LogP contribution in [0, 0.1) is 0 Å². The normalized spacial score (nSPS) is 15.0. The van der Waals surface area contributed by atoms with Gasteiger partial charge in [0.15, 0.2) is 0 Å². The van der Waals surface area contributed by atoms with E-state index >= 15 is 0 Å². The first-order valence-electron chi connectivity index (χ1n) is 9.50. The first kappa shape index (κ1) is 21.9. The molecule has 0 bridgehead atoms. The van der Waals surface area contributed by atoms with E-state index in [2.05, 4.69) is 12.2 Å². The number of imide groups is 1. The Bertz CT molecular complexity index is 958. The summed E-state index contributed by atoms with van der Waals surface area (Å²) in [5, 5.41) is 2.71. The largest absolute Gasteiger partial charge is 0.494 e. The third-order valence-electron chi connectivity index (χ3n) is 4.25. The van der Waals surface area contributed by atoms with E-state index in [1.54, 1.807) is 30.3 Å². The van der Waals surface area contributed by atoms with E-state index in [-0.39, 0.29) is 11.4 Å². The van der Waals surface area contributed by atoms with Crippen LogP contribution in [0.25, 0.3) is 6.08 Å². The number of nitrogens with one attached hydrogen (secondary N) is 1. The maximum absolute atomic E-state index is 12.6. The van der Waals surface area contributed by atoms with Gasteiger partial charge in [-0.1, -0.05) is 37.1 Å². The summed E-state index contributed by atoms with van der Waals surface area (Å²) in [6, 6.07) is 13.9. The van der Waals surface area contributed by atoms with E-state index in [0.29, 0.717) is 17.3 Å². The van der Waals surface area contributed by atoms with Crippen molar-refractivity contribution in [3.63, 3.8) is 0 Å². The minimum Gasteiger partial charge on any atom is -0.494 e. The molecule has 0 aromatic heterocycles. The van der Waals surface area contributed by atoms with Crippen molar-refractivity contribution in [1.29, 1.82) is 0 Å². The number of halogens is 1. The Hall–Kier alpha value is -2.77. The molecule has 0 unspecified atom stereocenters. The minimum atomic E-state index is -0.487. The molecule has 1 aliphatic rings. The van der Waals surface area contributed by atoms with Crippen LogP contribution in [-0.4, -0.2) is 35.1 Å². The molecular formula is C22H21ClN2O4S.